The number of benzene rings is 2. The molecule has 0 unspecified atom stereocenters. The molecule has 31 heavy (non-hydrogen) atoms. The molecule has 1 N–H and O–H groups in total. The fraction of sp³-hybridized carbons (Fsp3) is 0.292. The number of nitrogens with zero attached hydrogens (tertiary/aromatic N) is 1. The van der Waals surface area contributed by atoms with E-state index in [1.165, 1.54) is 6.26 Å². The Hall–Kier alpha value is -3.61. The highest BCUT2D eigenvalue weighted by molar-refractivity contribution is 5.98. The van der Waals surface area contributed by atoms with Crippen molar-refractivity contribution in [3.05, 3.63) is 65.4 Å². The molecule has 1 aromatic heterocycles. The normalized spacial score (nSPS) is 10.7. The summed E-state index contributed by atoms with van der Waals surface area (Å²) in [5, 5.41) is 3.51. The lowest BCUT2D eigenvalue weighted by atomic mass is 10.1. The van der Waals surface area contributed by atoms with Crippen molar-refractivity contribution in [2.24, 2.45) is 0 Å². The van der Waals surface area contributed by atoms with Crippen molar-refractivity contribution in [1.82, 2.24) is 4.90 Å². The SMILES string of the molecule is CCN(CC)C(=O)c1cccc(NC(=O)COC(=O)Cc2coc3cc(C)ccc23)c1. The summed E-state index contributed by atoms with van der Waals surface area (Å²) in [4.78, 5) is 38.5. The molecule has 0 radical (unpaired) electrons. The number of furan rings is 1. The molecule has 0 saturated heterocycles. The first-order chi connectivity index (χ1) is 14.9. The summed E-state index contributed by atoms with van der Waals surface area (Å²) in [5.41, 5.74) is 3.44. The maximum Gasteiger partial charge on any atom is 0.310 e. The first-order valence-corrected chi connectivity index (χ1v) is 10.2. The van der Waals surface area contributed by atoms with Crippen molar-refractivity contribution in [2.75, 3.05) is 25.0 Å². The van der Waals surface area contributed by atoms with Gasteiger partial charge in [0.25, 0.3) is 11.8 Å². The number of carbonyl (C=O) groups is 3. The molecule has 3 aromatic rings. The zero-order valence-electron chi connectivity index (χ0n) is 17.9. The van der Waals surface area contributed by atoms with Crippen LogP contribution in [0.1, 0.15) is 35.3 Å². The van der Waals surface area contributed by atoms with Crippen LogP contribution in [0.15, 0.2) is 53.1 Å². The van der Waals surface area contributed by atoms with Crippen molar-refractivity contribution < 1.29 is 23.5 Å². The Kier molecular flexibility index (Phi) is 7.07. The molecule has 7 nitrogen and oxygen atoms in total. The molecule has 0 bridgehead atoms. The standard InChI is InChI=1S/C24H26N2O5/c1-4-26(5-2)24(29)17-7-6-8-19(12-17)25-22(27)15-31-23(28)13-18-14-30-21-11-16(3)9-10-20(18)21/h6-12,14H,4-5,13,15H2,1-3H3,(H,25,27). The molecule has 0 fully saturated rings. The third-order valence-electron chi connectivity index (χ3n) is 4.95. The Balaban J connectivity index is 1.54. The number of amides is 2. The van der Waals surface area contributed by atoms with E-state index in [-0.39, 0.29) is 12.3 Å². The van der Waals surface area contributed by atoms with Crippen molar-refractivity contribution in [2.45, 2.75) is 27.2 Å². The lowest BCUT2D eigenvalue weighted by Gasteiger charge is -2.19. The van der Waals surface area contributed by atoms with Gasteiger partial charge in [-0.15, -0.1) is 0 Å². The van der Waals surface area contributed by atoms with Gasteiger partial charge in [-0.05, 0) is 50.6 Å². The van der Waals surface area contributed by atoms with Crippen molar-refractivity contribution in [3.8, 4) is 0 Å². The highest BCUT2D eigenvalue weighted by atomic mass is 16.5. The van der Waals surface area contributed by atoms with E-state index < -0.39 is 18.5 Å². The van der Waals surface area contributed by atoms with Crippen LogP contribution in [0.3, 0.4) is 0 Å². The van der Waals surface area contributed by atoms with Gasteiger partial charge in [-0.1, -0.05) is 18.2 Å². The maximum atomic E-state index is 12.5. The summed E-state index contributed by atoms with van der Waals surface area (Å²) in [5.74, 6) is -1.10. The van der Waals surface area contributed by atoms with Gasteiger partial charge in [0.1, 0.15) is 5.58 Å². The molecule has 0 saturated carbocycles. The number of hydrogen-bond donors (Lipinski definition) is 1. The van der Waals surface area contributed by atoms with E-state index in [0.29, 0.717) is 35.5 Å². The van der Waals surface area contributed by atoms with Crippen LogP contribution in [0.2, 0.25) is 0 Å². The molecule has 0 aliphatic carbocycles. The molecule has 162 valence electrons. The molecule has 0 atom stereocenters. The quantitative estimate of drug-likeness (QED) is 0.555. The van der Waals surface area contributed by atoms with E-state index in [0.717, 1.165) is 10.9 Å². The van der Waals surface area contributed by atoms with E-state index in [1.54, 1.807) is 29.2 Å². The van der Waals surface area contributed by atoms with E-state index in [9.17, 15) is 14.4 Å². The zero-order chi connectivity index (χ0) is 22.4. The highest BCUT2D eigenvalue weighted by Crippen LogP contribution is 2.23. The molecular weight excluding hydrogens is 396 g/mol. The van der Waals surface area contributed by atoms with Crippen LogP contribution < -0.4 is 5.32 Å². The van der Waals surface area contributed by atoms with Gasteiger partial charge in [-0.25, -0.2) is 0 Å². The second kappa shape index (κ2) is 9.93. The number of ether oxygens (including phenoxy) is 1. The summed E-state index contributed by atoms with van der Waals surface area (Å²) in [6, 6.07) is 12.4. The number of rotatable bonds is 8. The molecule has 1 heterocycles. The van der Waals surface area contributed by atoms with Crippen LogP contribution in [0.4, 0.5) is 5.69 Å². The summed E-state index contributed by atoms with van der Waals surface area (Å²) in [7, 11) is 0. The largest absolute Gasteiger partial charge is 0.464 e. The fourth-order valence-electron chi connectivity index (χ4n) is 3.30. The molecule has 2 amide bonds. The van der Waals surface area contributed by atoms with Gasteiger partial charge in [0.2, 0.25) is 0 Å². The van der Waals surface area contributed by atoms with Gasteiger partial charge in [-0.2, -0.15) is 0 Å². The average molecular weight is 422 g/mol. The Morgan fingerprint density at radius 2 is 1.84 bits per heavy atom. The molecule has 3 rings (SSSR count). The smallest absolute Gasteiger partial charge is 0.310 e. The highest BCUT2D eigenvalue weighted by Gasteiger charge is 2.15. The Bertz CT molecular complexity index is 1100. The second-order valence-electron chi connectivity index (χ2n) is 7.20. The van der Waals surface area contributed by atoms with E-state index in [2.05, 4.69) is 5.32 Å². The molecule has 7 heteroatoms. The van der Waals surface area contributed by atoms with Crippen LogP contribution in [0.25, 0.3) is 11.0 Å². The van der Waals surface area contributed by atoms with E-state index in [1.807, 2.05) is 39.0 Å². The average Bonchev–Trinajstić information content (AvgIpc) is 3.14. The van der Waals surface area contributed by atoms with Gasteiger partial charge in [0, 0.05) is 35.3 Å². The Morgan fingerprint density at radius 1 is 1.06 bits per heavy atom. The van der Waals surface area contributed by atoms with Crippen molar-refractivity contribution in [3.63, 3.8) is 0 Å². The minimum absolute atomic E-state index is 0.0111. The van der Waals surface area contributed by atoms with Crippen LogP contribution in [0.5, 0.6) is 0 Å². The van der Waals surface area contributed by atoms with E-state index >= 15 is 0 Å². The maximum absolute atomic E-state index is 12.5. The lowest BCUT2D eigenvalue weighted by molar-refractivity contribution is -0.146. The van der Waals surface area contributed by atoms with Crippen molar-refractivity contribution in [1.29, 1.82) is 0 Å². The number of carbonyl (C=O) groups excluding carboxylic acids is 3. The first kappa shape index (κ1) is 22.1. The monoisotopic (exact) mass is 422 g/mol. The lowest BCUT2D eigenvalue weighted by Crippen LogP contribution is -2.30. The Morgan fingerprint density at radius 3 is 2.58 bits per heavy atom. The van der Waals surface area contributed by atoms with Crippen LogP contribution in [-0.4, -0.2) is 42.4 Å². The minimum atomic E-state index is -0.524. The van der Waals surface area contributed by atoms with Gasteiger partial charge >= 0.3 is 5.97 Å². The van der Waals surface area contributed by atoms with Gasteiger partial charge in [-0.3, -0.25) is 14.4 Å². The van der Waals surface area contributed by atoms with Gasteiger partial charge in [0.05, 0.1) is 12.7 Å². The number of nitrogens with one attached hydrogen (secondary N) is 1. The number of fused-ring (bicyclic) bond motifs is 1. The predicted octanol–water partition coefficient (Wildman–Crippen LogP) is 3.95. The molecule has 2 aromatic carbocycles. The minimum Gasteiger partial charge on any atom is -0.464 e. The summed E-state index contributed by atoms with van der Waals surface area (Å²) < 4.78 is 10.6. The number of aryl methyl sites for hydroxylation is 1. The second-order valence-corrected chi connectivity index (χ2v) is 7.20. The molecule has 0 aliphatic rings. The third kappa shape index (κ3) is 5.51. The zero-order valence-corrected chi connectivity index (χ0v) is 17.9. The summed E-state index contributed by atoms with van der Waals surface area (Å²) in [6.45, 7) is 6.58. The van der Waals surface area contributed by atoms with Gasteiger partial charge < -0.3 is 19.4 Å². The van der Waals surface area contributed by atoms with Crippen LogP contribution in [0, 0.1) is 6.92 Å². The summed E-state index contributed by atoms with van der Waals surface area (Å²) >= 11 is 0. The Labute approximate surface area is 181 Å². The molecule has 0 spiro atoms. The molecule has 0 aliphatic heterocycles. The van der Waals surface area contributed by atoms with Gasteiger partial charge in [0.15, 0.2) is 6.61 Å². The summed E-state index contributed by atoms with van der Waals surface area (Å²) in [6.07, 6.45) is 1.54. The number of esters is 1. The third-order valence-corrected chi connectivity index (χ3v) is 4.95. The molecular formula is C24H26N2O5. The first-order valence-electron chi connectivity index (χ1n) is 10.2. The van der Waals surface area contributed by atoms with Crippen molar-refractivity contribution >= 4 is 34.4 Å². The number of anilines is 1. The number of hydrogen-bond acceptors (Lipinski definition) is 5. The van der Waals surface area contributed by atoms with Crippen LogP contribution >= 0.6 is 0 Å². The fourth-order valence-corrected chi connectivity index (χ4v) is 3.30. The predicted molar refractivity (Wildman–Crippen MR) is 118 cm³/mol. The topological polar surface area (TPSA) is 88.9 Å². The van der Waals surface area contributed by atoms with Crippen LogP contribution in [-0.2, 0) is 20.7 Å². The van der Waals surface area contributed by atoms with E-state index in [4.69, 9.17) is 9.15 Å².